The predicted molar refractivity (Wildman–Crippen MR) is 29.8 cm³/mol. The molecule has 0 aromatic heterocycles. The lowest BCUT2D eigenvalue weighted by Gasteiger charge is -1.92. The van der Waals surface area contributed by atoms with Crippen LogP contribution in [0.5, 0.6) is 0 Å². The monoisotopic (exact) mass is 129 g/mol. The summed E-state index contributed by atoms with van der Waals surface area (Å²) >= 11 is 0. The Bertz CT molecular complexity index is 137. The number of hydrogen-bond acceptors (Lipinski definition) is 3. The van der Waals surface area contributed by atoms with E-state index in [1.54, 1.807) is 0 Å². The minimum Gasteiger partial charge on any atom is -0.447 e. The van der Waals surface area contributed by atoms with E-state index in [2.05, 4.69) is 9.73 Å². The van der Waals surface area contributed by atoms with Gasteiger partial charge in [-0.25, -0.2) is 9.59 Å². The fraction of sp³-hybridized carbons (Fsp3) is 0.600. The van der Waals surface area contributed by atoms with Gasteiger partial charge in [-0.05, 0) is 6.42 Å². The summed E-state index contributed by atoms with van der Waals surface area (Å²) in [7, 11) is 0. The third-order valence-electron chi connectivity index (χ3n) is 0.567. The van der Waals surface area contributed by atoms with Crippen LogP contribution in [0, 0.1) is 0 Å². The van der Waals surface area contributed by atoms with Gasteiger partial charge < -0.3 is 4.74 Å². The van der Waals surface area contributed by atoms with E-state index in [0.29, 0.717) is 6.61 Å². The molecule has 1 amide bonds. The summed E-state index contributed by atoms with van der Waals surface area (Å²) in [5, 5.41) is 0. The minimum absolute atomic E-state index is 0.296. The first-order chi connectivity index (χ1) is 4.31. The predicted octanol–water partition coefficient (Wildman–Crippen LogP) is 0.869. The maximum absolute atomic E-state index is 10.2. The number of carbonyl (C=O) groups is 1. The zero-order valence-electron chi connectivity index (χ0n) is 5.09. The maximum Gasteiger partial charge on any atom is 0.444 e. The molecule has 4 heteroatoms. The van der Waals surface area contributed by atoms with E-state index < -0.39 is 6.09 Å². The van der Waals surface area contributed by atoms with Crippen LogP contribution in [-0.2, 0) is 9.53 Å². The number of rotatable bonds is 2. The second-order valence-corrected chi connectivity index (χ2v) is 1.32. The first-order valence-corrected chi connectivity index (χ1v) is 2.56. The summed E-state index contributed by atoms with van der Waals surface area (Å²) in [6, 6.07) is 0. The van der Waals surface area contributed by atoms with Gasteiger partial charge in [-0.15, -0.1) is 0 Å². The number of ether oxygens (including phenoxy) is 1. The van der Waals surface area contributed by atoms with E-state index in [0.717, 1.165) is 12.5 Å². The van der Waals surface area contributed by atoms with Crippen LogP contribution < -0.4 is 0 Å². The molecule has 4 nitrogen and oxygen atoms in total. The van der Waals surface area contributed by atoms with Crippen LogP contribution in [0.2, 0.25) is 0 Å². The molecule has 0 aliphatic carbocycles. The van der Waals surface area contributed by atoms with Crippen molar-refractivity contribution in [3.8, 4) is 0 Å². The van der Waals surface area contributed by atoms with Crippen LogP contribution in [-0.4, -0.2) is 18.8 Å². The van der Waals surface area contributed by atoms with Gasteiger partial charge in [0.1, 0.15) is 0 Å². The Labute approximate surface area is 52.5 Å². The Balaban J connectivity index is 3.39. The molecule has 0 saturated heterocycles. The van der Waals surface area contributed by atoms with Crippen molar-refractivity contribution < 1.29 is 14.3 Å². The molecule has 0 N–H and O–H groups in total. The molecular weight excluding hydrogens is 122 g/mol. The summed E-state index contributed by atoms with van der Waals surface area (Å²) in [6.07, 6.45) is 0.931. The van der Waals surface area contributed by atoms with Gasteiger partial charge in [-0.3, -0.25) is 0 Å². The van der Waals surface area contributed by atoms with Gasteiger partial charge in [0.15, 0.2) is 0 Å². The molecule has 0 aliphatic rings. The van der Waals surface area contributed by atoms with E-state index in [-0.39, 0.29) is 0 Å². The van der Waals surface area contributed by atoms with Crippen LogP contribution in [0.25, 0.3) is 0 Å². The summed E-state index contributed by atoms with van der Waals surface area (Å²) < 4.78 is 4.36. The molecule has 0 spiro atoms. The second kappa shape index (κ2) is 5.00. The first-order valence-electron chi connectivity index (χ1n) is 2.56. The molecule has 50 valence electrons. The zero-order valence-corrected chi connectivity index (χ0v) is 5.09. The highest BCUT2D eigenvalue weighted by atomic mass is 16.5. The van der Waals surface area contributed by atoms with Crippen LogP contribution in [0.1, 0.15) is 13.3 Å². The molecule has 0 heterocycles. The molecule has 0 radical (unpaired) electrons. The van der Waals surface area contributed by atoms with Crippen molar-refractivity contribution in [1.82, 2.24) is 0 Å². The second-order valence-electron chi connectivity index (χ2n) is 1.32. The van der Waals surface area contributed by atoms with Crippen LogP contribution in [0.4, 0.5) is 4.79 Å². The van der Waals surface area contributed by atoms with Crippen LogP contribution in [0.3, 0.4) is 0 Å². The van der Waals surface area contributed by atoms with E-state index in [4.69, 9.17) is 0 Å². The topological polar surface area (TPSA) is 55.7 Å². The average Bonchev–Trinajstić information content (AvgIpc) is 1.85. The number of aliphatic imine (C=N–C) groups is 1. The number of amides is 1. The van der Waals surface area contributed by atoms with Gasteiger partial charge in [0.05, 0.1) is 6.61 Å². The highest BCUT2D eigenvalue weighted by Crippen LogP contribution is 1.83. The normalized spacial score (nSPS) is 7.67. The Morgan fingerprint density at radius 3 is 2.89 bits per heavy atom. The fourth-order valence-electron chi connectivity index (χ4n) is 0.259. The van der Waals surface area contributed by atoms with Crippen molar-refractivity contribution in [1.29, 1.82) is 0 Å². The SMILES string of the molecule is CCCOC(=O)N=C=O. The van der Waals surface area contributed by atoms with Gasteiger partial charge in [-0.1, -0.05) is 11.9 Å². The summed E-state index contributed by atoms with van der Waals surface area (Å²) in [4.78, 5) is 22.2. The molecule has 0 unspecified atom stereocenters. The van der Waals surface area contributed by atoms with Gasteiger partial charge in [0.25, 0.3) is 0 Å². The van der Waals surface area contributed by atoms with Crippen LogP contribution in [0.15, 0.2) is 4.99 Å². The minimum atomic E-state index is -0.869. The molecule has 0 aromatic rings. The van der Waals surface area contributed by atoms with E-state index in [9.17, 15) is 9.59 Å². The van der Waals surface area contributed by atoms with E-state index in [1.165, 1.54) is 0 Å². The third-order valence-corrected chi connectivity index (χ3v) is 0.567. The molecule has 9 heavy (non-hydrogen) atoms. The largest absolute Gasteiger partial charge is 0.447 e. The van der Waals surface area contributed by atoms with Crippen molar-refractivity contribution in [2.45, 2.75) is 13.3 Å². The Morgan fingerprint density at radius 2 is 2.44 bits per heavy atom. The number of hydrogen-bond donors (Lipinski definition) is 0. The Morgan fingerprint density at radius 1 is 1.78 bits per heavy atom. The third kappa shape index (κ3) is 4.71. The molecule has 0 saturated carbocycles. The van der Waals surface area contributed by atoms with Crippen molar-refractivity contribution in [2.75, 3.05) is 6.61 Å². The molecule has 0 atom stereocenters. The molecule has 0 aromatic carbocycles. The van der Waals surface area contributed by atoms with Gasteiger partial charge in [-0.2, -0.15) is 0 Å². The highest BCUT2D eigenvalue weighted by molar-refractivity contribution is 5.74. The quantitative estimate of drug-likeness (QED) is 0.410. The Hall–Kier alpha value is -1.15. The lowest BCUT2D eigenvalue weighted by Crippen LogP contribution is -1.98. The standard InChI is InChI=1S/C5H7NO3/c1-2-3-9-5(8)6-4-7/h2-3H2,1H3. The van der Waals surface area contributed by atoms with Crippen molar-refractivity contribution >= 4 is 12.2 Å². The molecule has 0 aliphatic heterocycles. The summed E-state index contributed by atoms with van der Waals surface area (Å²) in [6.45, 7) is 2.14. The number of isocyanates is 1. The molecule has 0 fully saturated rings. The number of carbonyl (C=O) groups excluding carboxylic acids is 2. The lowest BCUT2D eigenvalue weighted by atomic mass is 10.5. The Kier molecular flexibility index (Phi) is 4.36. The molecule has 0 bridgehead atoms. The lowest BCUT2D eigenvalue weighted by molar-refractivity contribution is 0.157. The summed E-state index contributed by atoms with van der Waals surface area (Å²) in [5.74, 6) is 0. The zero-order chi connectivity index (χ0) is 7.11. The van der Waals surface area contributed by atoms with Crippen molar-refractivity contribution in [3.05, 3.63) is 0 Å². The maximum atomic E-state index is 10.2. The van der Waals surface area contributed by atoms with Crippen molar-refractivity contribution in [2.24, 2.45) is 4.99 Å². The van der Waals surface area contributed by atoms with Crippen molar-refractivity contribution in [3.63, 3.8) is 0 Å². The van der Waals surface area contributed by atoms with Gasteiger partial charge in [0, 0.05) is 0 Å². The van der Waals surface area contributed by atoms with Gasteiger partial charge in [0.2, 0.25) is 6.08 Å². The van der Waals surface area contributed by atoms with Crippen LogP contribution >= 0.6 is 0 Å². The highest BCUT2D eigenvalue weighted by Gasteiger charge is 1.94. The van der Waals surface area contributed by atoms with Gasteiger partial charge >= 0.3 is 6.09 Å². The fourth-order valence-corrected chi connectivity index (χ4v) is 0.259. The first kappa shape index (κ1) is 7.85. The molecular formula is C5H7NO3. The average molecular weight is 129 g/mol. The van der Waals surface area contributed by atoms with E-state index in [1.807, 2.05) is 6.92 Å². The van der Waals surface area contributed by atoms with E-state index >= 15 is 0 Å². The number of nitrogens with zero attached hydrogens (tertiary/aromatic N) is 1. The molecule has 0 rings (SSSR count). The summed E-state index contributed by atoms with van der Waals surface area (Å²) in [5.41, 5.74) is 0. The smallest absolute Gasteiger partial charge is 0.444 e.